The van der Waals surface area contributed by atoms with E-state index in [4.69, 9.17) is 5.73 Å². The molecule has 4 nitrogen and oxygen atoms in total. The van der Waals surface area contributed by atoms with Crippen LogP contribution in [0, 0.1) is 13.8 Å². The van der Waals surface area contributed by atoms with Crippen LogP contribution in [-0.2, 0) is 10.0 Å². The highest BCUT2D eigenvalue weighted by atomic mass is 32.2. The number of benzene rings is 1. The van der Waals surface area contributed by atoms with Crippen molar-refractivity contribution in [3.63, 3.8) is 0 Å². The number of hydrogen-bond acceptors (Lipinski definition) is 3. The molecule has 0 saturated heterocycles. The van der Waals surface area contributed by atoms with Crippen LogP contribution in [0.4, 0.5) is 5.69 Å². The van der Waals surface area contributed by atoms with Crippen LogP contribution in [0.2, 0.25) is 0 Å². The van der Waals surface area contributed by atoms with Crippen molar-refractivity contribution in [2.45, 2.75) is 64.3 Å². The number of hydrogen-bond donors (Lipinski definition) is 2. The van der Waals surface area contributed by atoms with Crippen LogP contribution < -0.4 is 10.5 Å². The molecule has 1 unspecified atom stereocenters. The molecule has 0 amide bonds. The highest BCUT2D eigenvalue weighted by Crippen LogP contribution is 2.22. The van der Waals surface area contributed by atoms with Crippen LogP contribution in [0.25, 0.3) is 0 Å². The average molecular weight is 298 g/mol. The van der Waals surface area contributed by atoms with Gasteiger partial charge in [-0.1, -0.05) is 26.2 Å². The van der Waals surface area contributed by atoms with Crippen LogP contribution in [0.5, 0.6) is 0 Å². The molecule has 0 bridgehead atoms. The third-order valence-electron chi connectivity index (χ3n) is 3.53. The number of nitrogens with two attached hydrogens (primary N) is 1. The SMILES string of the molecule is CCCCCC(C)NS(=O)(=O)c1cc(N)cc(C)c1C. The second-order valence-corrected chi connectivity index (χ2v) is 7.16. The van der Waals surface area contributed by atoms with Crippen molar-refractivity contribution in [1.82, 2.24) is 4.72 Å². The molecule has 0 aromatic heterocycles. The van der Waals surface area contributed by atoms with Crippen LogP contribution in [0.1, 0.15) is 50.7 Å². The lowest BCUT2D eigenvalue weighted by atomic mass is 10.1. The van der Waals surface area contributed by atoms with Crippen LogP contribution >= 0.6 is 0 Å². The molecule has 0 spiro atoms. The Hall–Kier alpha value is -1.07. The van der Waals surface area contributed by atoms with E-state index >= 15 is 0 Å². The van der Waals surface area contributed by atoms with Gasteiger partial charge >= 0.3 is 0 Å². The van der Waals surface area contributed by atoms with Gasteiger partial charge in [0.1, 0.15) is 0 Å². The van der Waals surface area contributed by atoms with E-state index in [1.54, 1.807) is 6.07 Å². The predicted molar refractivity (Wildman–Crippen MR) is 84.3 cm³/mol. The zero-order chi connectivity index (χ0) is 15.3. The number of unbranched alkanes of at least 4 members (excludes halogenated alkanes) is 2. The average Bonchev–Trinajstić information content (AvgIpc) is 2.33. The Morgan fingerprint density at radius 2 is 1.90 bits per heavy atom. The first-order chi connectivity index (χ1) is 9.27. The molecule has 1 aromatic rings. The fourth-order valence-electron chi connectivity index (χ4n) is 2.22. The van der Waals surface area contributed by atoms with E-state index < -0.39 is 10.0 Å². The summed E-state index contributed by atoms with van der Waals surface area (Å²) in [6.07, 6.45) is 4.15. The number of rotatable bonds is 7. The molecule has 0 aliphatic heterocycles. The van der Waals surface area contributed by atoms with Gasteiger partial charge in [-0.25, -0.2) is 13.1 Å². The molecule has 1 rings (SSSR count). The van der Waals surface area contributed by atoms with Gasteiger partial charge in [0.05, 0.1) is 4.90 Å². The smallest absolute Gasteiger partial charge is 0.241 e. The van der Waals surface area contributed by atoms with Gasteiger partial charge in [0.2, 0.25) is 10.0 Å². The molecule has 0 aliphatic rings. The minimum Gasteiger partial charge on any atom is -0.399 e. The maximum absolute atomic E-state index is 12.4. The first-order valence-corrected chi connectivity index (χ1v) is 8.65. The van der Waals surface area contributed by atoms with Crippen LogP contribution in [0.15, 0.2) is 17.0 Å². The maximum atomic E-state index is 12.4. The summed E-state index contributed by atoms with van der Waals surface area (Å²) in [5, 5.41) is 0. The van der Waals surface area contributed by atoms with Gasteiger partial charge in [0.25, 0.3) is 0 Å². The van der Waals surface area contributed by atoms with E-state index in [2.05, 4.69) is 11.6 Å². The summed E-state index contributed by atoms with van der Waals surface area (Å²) in [7, 11) is -3.50. The predicted octanol–water partition coefficient (Wildman–Crippen LogP) is 3.13. The first-order valence-electron chi connectivity index (χ1n) is 7.17. The monoisotopic (exact) mass is 298 g/mol. The fourth-order valence-corrected chi connectivity index (χ4v) is 3.85. The number of nitrogens with one attached hydrogen (secondary N) is 1. The molecule has 0 aliphatic carbocycles. The highest BCUT2D eigenvalue weighted by Gasteiger charge is 2.20. The molecule has 20 heavy (non-hydrogen) atoms. The Morgan fingerprint density at radius 1 is 1.25 bits per heavy atom. The molecule has 1 atom stereocenters. The summed E-state index contributed by atoms with van der Waals surface area (Å²) in [4.78, 5) is 0.289. The second-order valence-electron chi connectivity index (χ2n) is 5.48. The van der Waals surface area contributed by atoms with Gasteiger partial charge in [-0.15, -0.1) is 0 Å². The molecule has 5 heteroatoms. The van der Waals surface area contributed by atoms with E-state index in [1.807, 2.05) is 20.8 Å². The topological polar surface area (TPSA) is 72.2 Å². The quantitative estimate of drug-likeness (QED) is 0.600. The molecule has 0 fully saturated rings. The Balaban J connectivity index is 2.89. The number of nitrogen functional groups attached to an aromatic ring is 1. The second kappa shape index (κ2) is 7.09. The van der Waals surface area contributed by atoms with Gasteiger partial charge in [-0.2, -0.15) is 0 Å². The van der Waals surface area contributed by atoms with E-state index in [9.17, 15) is 8.42 Å². The summed E-state index contributed by atoms with van der Waals surface area (Å²) < 4.78 is 27.6. The van der Waals surface area contributed by atoms with E-state index in [0.29, 0.717) is 5.69 Å². The summed E-state index contributed by atoms with van der Waals surface area (Å²) >= 11 is 0. The number of sulfonamides is 1. The number of aryl methyl sites for hydroxylation is 1. The molecule has 0 saturated carbocycles. The van der Waals surface area contributed by atoms with Gasteiger partial charge in [0.15, 0.2) is 0 Å². The van der Waals surface area contributed by atoms with Gasteiger partial charge in [-0.3, -0.25) is 0 Å². The Kier molecular flexibility index (Phi) is 6.02. The minimum absolute atomic E-state index is 0.0623. The Labute approximate surface area is 122 Å². The normalized spacial score (nSPS) is 13.4. The fraction of sp³-hybridized carbons (Fsp3) is 0.600. The van der Waals surface area contributed by atoms with Crippen molar-refractivity contribution in [1.29, 1.82) is 0 Å². The maximum Gasteiger partial charge on any atom is 0.241 e. The molecule has 0 radical (unpaired) electrons. The summed E-state index contributed by atoms with van der Waals surface area (Å²) in [6, 6.07) is 3.26. The molecular weight excluding hydrogens is 272 g/mol. The zero-order valence-electron chi connectivity index (χ0n) is 12.9. The zero-order valence-corrected chi connectivity index (χ0v) is 13.7. The molecule has 114 valence electrons. The lowest BCUT2D eigenvalue weighted by Gasteiger charge is -2.16. The molecular formula is C15H26N2O2S. The summed E-state index contributed by atoms with van der Waals surface area (Å²) in [6.45, 7) is 7.72. The van der Waals surface area contributed by atoms with Crippen molar-refractivity contribution >= 4 is 15.7 Å². The summed E-state index contributed by atoms with van der Waals surface area (Å²) in [5.74, 6) is 0. The third kappa shape index (κ3) is 4.49. The van der Waals surface area contributed by atoms with E-state index in [-0.39, 0.29) is 10.9 Å². The molecule has 1 aromatic carbocycles. The van der Waals surface area contributed by atoms with Crippen LogP contribution in [0.3, 0.4) is 0 Å². The molecule has 3 N–H and O–H groups in total. The van der Waals surface area contributed by atoms with E-state index in [1.165, 1.54) is 6.07 Å². The summed E-state index contributed by atoms with van der Waals surface area (Å²) in [5.41, 5.74) is 7.89. The third-order valence-corrected chi connectivity index (χ3v) is 5.24. The first kappa shape index (κ1) is 17.0. The lowest BCUT2D eigenvalue weighted by molar-refractivity contribution is 0.527. The van der Waals surface area contributed by atoms with Crippen molar-refractivity contribution in [3.8, 4) is 0 Å². The minimum atomic E-state index is -3.50. The standard InChI is InChI=1S/C15H26N2O2S/c1-5-6-7-8-12(3)17-20(18,19)15-10-14(16)9-11(2)13(15)4/h9-10,12,17H,5-8,16H2,1-4H3. The molecule has 0 heterocycles. The van der Waals surface area contributed by atoms with Crippen molar-refractivity contribution < 1.29 is 8.42 Å². The van der Waals surface area contributed by atoms with Gasteiger partial charge in [-0.05, 0) is 50.5 Å². The van der Waals surface area contributed by atoms with Crippen LogP contribution in [-0.4, -0.2) is 14.5 Å². The Bertz CT molecular complexity index is 553. The largest absolute Gasteiger partial charge is 0.399 e. The van der Waals surface area contributed by atoms with Crippen molar-refractivity contribution in [3.05, 3.63) is 23.3 Å². The van der Waals surface area contributed by atoms with Gasteiger partial charge < -0.3 is 5.73 Å². The highest BCUT2D eigenvalue weighted by molar-refractivity contribution is 7.89. The van der Waals surface area contributed by atoms with Crippen molar-refractivity contribution in [2.75, 3.05) is 5.73 Å². The van der Waals surface area contributed by atoms with E-state index in [0.717, 1.165) is 36.8 Å². The Morgan fingerprint density at radius 3 is 2.50 bits per heavy atom. The van der Waals surface area contributed by atoms with Gasteiger partial charge in [0, 0.05) is 11.7 Å². The van der Waals surface area contributed by atoms with Crippen molar-refractivity contribution in [2.24, 2.45) is 0 Å². The lowest BCUT2D eigenvalue weighted by Crippen LogP contribution is -2.33. The number of anilines is 1.